The van der Waals surface area contributed by atoms with Gasteiger partial charge in [0.2, 0.25) is 0 Å². The van der Waals surface area contributed by atoms with Gasteiger partial charge >= 0.3 is 0 Å². The van der Waals surface area contributed by atoms with Crippen molar-refractivity contribution in [3.63, 3.8) is 0 Å². The van der Waals surface area contributed by atoms with Gasteiger partial charge < -0.3 is 9.47 Å². The second-order valence-electron chi connectivity index (χ2n) is 6.47. The average Bonchev–Trinajstić information content (AvgIpc) is 3.34. The highest BCUT2D eigenvalue weighted by Gasteiger charge is 2.32. The molecule has 5 rings (SSSR count). The molecule has 0 spiro atoms. The molecule has 0 bridgehead atoms. The molecule has 0 radical (unpaired) electrons. The van der Waals surface area contributed by atoms with E-state index in [1.54, 1.807) is 6.20 Å². The summed E-state index contributed by atoms with van der Waals surface area (Å²) in [5.74, 6) is -0.643. The Balaban J connectivity index is 1.63. The van der Waals surface area contributed by atoms with Crippen LogP contribution in [0.4, 0.5) is 0 Å². The molecule has 0 atom stereocenters. The van der Waals surface area contributed by atoms with E-state index in [4.69, 9.17) is 9.47 Å². The average molecular weight is 334 g/mol. The van der Waals surface area contributed by atoms with Gasteiger partial charge in [0.15, 0.2) is 11.4 Å². The van der Waals surface area contributed by atoms with Gasteiger partial charge in [-0.1, -0.05) is 24.3 Å². The molecular weight excluding hydrogens is 316 g/mol. The Bertz CT molecular complexity index is 1070. The molecule has 1 N–H and O–H groups in total. The SMILES string of the molecule is Cn1[nH]c(-c2ccc(C3(C)OCCO3)cc2)c2cnc3nccc3c21. The molecule has 1 fully saturated rings. The molecular formula is C19H18N4O2. The Morgan fingerprint density at radius 2 is 1.80 bits per heavy atom. The molecule has 6 heteroatoms. The minimum absolute atomic E-state index is 0.630. The fourth-order valence-corrected chi connectivity index (χ4v) is 3.62. The number of pyridine rings is 1. The lowest BCUT2D eigenvalue weighted by Gasteiger charge is -2.22. The highest BCUT2D eigenvalue weighted by molar-refractivity contribution is 6.07. The molecule has 3 aromatic heterocycles. The largest absolute Gasteiger partial charge is 0.344 e. The predicted octanol–water partition coefficient (Wildman–Crippen LogP) is 3.34. The molecule has 1 saturated heterocycles. The maximum absolute atomic E-state index is 5.73. The number of H-pyrrole nitrogens is 1. The number of benzene rings is 1. The molecule has 126 valence electrons. The second-order valence-corrected chi connectivity index (χ2v) is 6.47. The van der Waals surface area contributed by atoms with Crippen LogP contribution >= 0.6 is 0 Å². The van der Waals surface area contributed by atoms with E-state index in [-0.39, 0.29) is 0 Å². The number of fused-ring (bicyclic) bond motifs is 3. The molecule has 0 amide bonds. The Labute approximate surface area is 144 Å². The summed E-state index contributed by atoms with van der Waals surface area (Å²) in [6.07, 6.45) is 3.68. The quantitative estimate of drug-likeness (QED) is 0.611. The molecule has 4 heterocycles. The molecule has 0 unspecified atom stereocenters. The van der Waals surface area contributed by atoms with Crippen LogP contribution in [0, 0.1) is 0 Å². The van der Waals surface area contributed by atoms with Gasteiger partial charge in [-0.3, -0.25) is 9.78 Å². The zero-order valence-electron chi connectivity index (χ0n) is 14.1. The first-order valence-corrected chi connectivity index (χ1v) is 8.33. The lowest BCUT2D eigenvalue weighted by Crippen LogP contribution is -2.22. The number of nitrogens with zero attached hydrogens (tertiary/aromatic N) is 3. The summed E-state index contributed by atoms with van der Waals surface area (Å²) < 4.78 is 13.5. The first-order valence-electron chi connectivity index (χ1n) is 8.33. The van der Waals surface area contributed by atoms with Crippen LogP contribution < -0.4 is 0 Å². The minimum Gasteiger partial charge on any atom is -0.344 e. The van der Waals surface area contributed by atoms with Gasteiger partial charge in [-0.15, -0.1) is 0 Å². The smallest absolute Gasteiger partial charge is 0.192 e. The second kappa shape index (κ2) is 5.15. The van der Waals surface area contributed by atoms with E-state index in [0.29, 0.717) is 13.2 Å². The molecule has 0 saturated carbocycles. The molecule has 4 aromatic rings. The summed E-state index contributed by atoms with van der Waals surface area (Å²) in [4.78, 5) is 8.77. The van der Waals surface area contributed by atoms with Gasteiger partial charge in [-0.25, -0.2) is 9.97 Å². The number of rotatable bonds is 2. The Hall–Kier alpha value is -2.70. The van der Waals surface area contributed by atoms with Crippen molar-refractivity contribution >= 4 is 21.9 Å². The van der Waals surface area contributed by atoms with Gasteiger partial charge in [0.1, 0.15) is 0 Å². The van der Waals surface area contributed by atoms with Crippen molar-refractivity contribution in [2.45, 2.75) is 12.7 Å². The van der Waals surface area contributed by atoms with Crippen LogP contribution in [-0.4, -0.2) is 33.0 Å². The zero-order chi connectivity index (χ0) is 17.0. The van der Waals surface area contributed by atoms with Gasteiger partial charge in [-0.2, -0.15) is 0 Å². The van der Waals surface area contributed by atoms with Crippen LogP contribution in [0.3, 0.4) is 0 Å². The van der Waals surface area contributed by atoms with Gasteiger partial charge in [0, 0.05) is 41.3 Å². The standard InChI is InChI=1S/C19H18N4O2/c1-19(24-9-10-25-19)13-5-3-12(4-6-13)16-15-11-21-18-14(7-8-20-18)17(15)23(2)22-16/h3-8,11,22H,9-10H2,1-2H3. The third kappa shape index (κ3) is 2.11. The van der Waals surface area contributed by atoms with Crippen molar-refractivity contribution in [2.24, 2.45) is 7.05 Å². The van der Waals surface area contributed by atoms with Crippen molar-refractivity contribution in [1.29, 1.82) is 0 Å². The van der Waals surface area contributed by atoms with Crippen molar-refractivity contribution in [2.75, 3.05) is 13.2 Å². The summed E-state index contributed by atoms with van der Waals surface area (Å²) >= 11 is 0. The maximum atomic E-state index is 5.73. The molecule has 1 aromatic carbocycles. The van der Waals surface area contributed by atoms with Crippen LogP contribution in [-0.2, 0) is 22.3 Å². The van der Waals surface area contributed by atoms with E-state index >= 15 is 0 Å². The Morgan fingerprint density at radius 3 is 2.56 bits per heavy atom. The topological polar surface area (TPSA) is 65.0 Å². The number of aryl methyl sites for hydroxylation is 1. The number of aromatic nitrogens is 4. The summed E-state index contributed by atoms with van der Waals surface area (Å²) in [7, 11) is 2.01. The van der Waals surface area contributed by atoms with Crippen molar-refractivity contribution in [1.82, 2.24) is 19.7 Å². The first kappa shape index (κ1) is 14.6. The van der Waals surface area contributed by atoms with Crippen LogP contribution in [0.15, 0.2) is 42.7 Å². The number of nitrogens with one attached hydrogen (secondary N) is 1. The highest BCUT2D eigenvalue weighted by Crippen LogP contribution is 2.34. The minimum atomic E-state index is -0.643. The predicted molar refractivity (Wildman–Crippen MR) is 95.1 cm³/mol. The lowest BCUT2D eigenvalue weighted by atomic mass is 10.0. The molecule has 1 aliphatic rings. The first-order chi connectivity index (χ1) is 12.2. The van der Waals surface area contributed by atoms with E-state index in [1.807, 2.05) is 30.9 Å². The number of hydrogen-bond donors (Lipinski definition) is 1. The fourth-order valence-electron chi connectivity index (χ4n) is 3.62. The number of aromatic amines is 1. The molecule has 25 heavy (non-hydrogen) atoms. The summed E-state index contributed by atoms with van der Waals surface area (Å²) in [5, 5.41) is 5.57. The zero-order valence-corrected chi connectivity index (χ0v) is 14.1. The third-order valence-corrected chi connectivity index (χ3v) is 4.93. The van der Waals surface area contributed by atoms with E-state index in [0.717, 1.165) is 38.8 Å². The summed E-state index contributed by atoms with van der Waals surface area (Å²) in [6.45, 7) is 3.22. The number of hydrogen-bond acceptors (Lipinski definition) is 4. The van der Waals surface area contributed by atoms with Crippen molar-refractivity contribution < 1.29 is 9.47 Å². The van der Waals surface area contributed by atoms with Crippen molar-refractivity contribution in [3.05, 3.63) is 48.3 Å². The van der Waals surface area contributed by atoms with E-state index in [1.165, 1.54) is 0 Å². The molecule has 6 nitrogen and oxygen atoms in total. The highest BCUT2D eigenvalue weighted by atomic mass is 16.7. The number of ether oxygens (including phenoxy) is 2. The lowest BCUT2D eigenvalue weighted by molar-refractivity contribution is -0.149. The maximum Gasteiger partial charge on any atom is 0.192 e. The van der Waals surface area contributed by atoms with Gasteiger partial charge in [0.25, 0.3) is 0 Å². The summed E-state index contributed by atoms with van der Waals surface area (Å²) in [5.41, 5.74) is 5.04. The monoisotopic (exact) mass is 334 g/mol. The van der Waals surface area contributed by atoms with Crippen LogP contribution in [0.1, 0.15) is 12.5 Å². The van der Waals surface area contributed by atoms with Crippen LogP contribution in [0.2, 0.25) is 0 Å². The van der Waals surface area contributed by atoms with E-state index in [9.17, 15) is 0 Å². The van der Waals surface area contributed by atoms with Gasteiger partial charge in [0.05, 0.1) is 24.4 Å². The third-order valence-electron chi connectivity index (χ3n) is 4.93. The Kier molecular flexibility index (Phi) is 3.01. The Morgan fingerprint density at radius 1 is 1.04 bits per heavy atom. The molecule has 1 aliphatic heterocycles. The summed E-state index contributed by atoms with van der Waals surface area (Å²) in [6, 6.07) is 10.3. The van der Waals surface area contributed by atoms with E-state index < -0.39 is 5.79 Å². The normalized spacial score (nSPS) is 16.9. The van der Waals surface area contributed by atoms with Crippen LogP contribution in [0.25, 0.3) is 33.2 Å². The van der Waals surface area contributed by atoms with Gasteiger partial charge in [-0.05, 0) is 13.0 Å². The molecule has 0 aliphatic carbocycles. The van der Waals surface area contributed by atoms with E-state index in [2.05, 4.69) is 39.3 Å². The van der Waals surface area contributed by atoms with Crippen molar-refractivity contribution in [3.8, 4) is 11.3 Å². The van der Waals surface area contributed by atoms with Crippen LogP contribution in [0.5, 0.6) is 0 Å². The fraction of sp³-hybridized carbons (Fsp3) is 0.263.